The second-order valence-electron chi connectivity index (χ2n) is 11.0. The molecule has 0 spiro atoms. The first-order valence-electron chi connectivity index (χ1n) is 14.3. The Balaban J connectivity index is 1.37. The summed E-state index contributed by atoms with van der Waals surface area (Å²) in [5, 5.41) is 19.5. The Kier molecular flexibility index (Phi) is 10.9. The topological polar surface area (TPSA) is 130 Å². The maximum Gasteiger partial charge on any atom is 0.407 e. The highest BCUT2D eigenvalue weighted by atomic mass is 16.6. The van der Waals surface area contributed by atoms with Gasteiger partial charge in [0.1, 0.15) is 11.4 Å². The Bertz CT molecular complexity index is 1320. The van der Waals surface area contributed by atoms with Crippen molar-refractivity contribution in [2.75, 3.05) is 56.7 Å². The number of carbonyl (C=O) groups excluding carboxylic acids is 1. The number of aliphatic hydroxyl groups excluding tert-OH is 1. The van der Waals surface area contributed by atoms with Gasteiger partial charge >= 0.3 is 6.09 Å². The number of hydrogen-bond acceptors (Lipinski definition) is 10. The molecule has 0 unspecified atom stereocenters. The van der Waals surface area contributed by atoms with Crippen LogP contribution < -0.4 is 25.6 Å². The number of carbonyl (C=O) groups is 1. The lowest BCUT2D eigenvalue weighted by Gasteiger charge is -2.30. The lowest BCUT2D eigenvalue weighted by atomic mass is 10.1. The number of aromatic nitrogens is 2. The van der Waals surface area contributed by atoms with Crippen LogP contribution in [0.3, 0.4) is 0 Å². The molecule has 11 nitrogen and oxygen atoms in total. The highest BCUT2D eigenvalue weighted by Crippen LogP contribution is 2.28. The number of nitrogens with one attached hydrogen (secondary N) is 3. The minimum Gasteiger partial charge on any atom is -0.496 e. The van der Waals surface area contributed by atoms with Crippen molar-refractivity contribution in [2.24, 2.45) is 0 Å². The van der Waals surface area contributed by atoms with Crippen LogP contribution in [-0.2, 0) is 22.6 Å². The summed E-state index contributed by atoms with van der Waals surface area (Å²) in [5.74, 6) is 1.24. The molecule has 1 saturated heterocycles. The third-order valence-corrected chi connectivity index (χ3v) is 6.60. The van der Waals surface area contributed by atoms with Crippen LogP contribution in [0.2, 0.25) is 0 Å². The van der Waals surface area contributed by atoms with Crippen molar-refractivity contribution in [3.8, 4) is 17.0 Å². The Hall–Kier alpha value is -3.93. The molecule has 0 radical (unpaired) electrons. The van der Waals surface area contributed by atoms with Crippen molar-refractivity contribution >= 4 is 23.4 Å². The zero-order valence-corrected chi connectivity index (χ0v) is 24.9. The molecule has 4 rings (SSSR count). The number of anilines is 3. The lowest BCUT2D eigenvalue weighted by molar-refractivity contribution is 0.0527. The summed E-state index contributed by atoms with van der Waals surface area (Å²) in [6.07, 6.45) is 2.07. The van der Waals surface area contributed by atoms with Gasteiger partial charge in [-0.25, -0.2) is 14.8 Å². The fourth-order valence-corrected chi connectivity index (χ4v) is 4.63. The molecule has 0 aliphatic carbocycles. The molecular weight excluding hydrogens is 536 g/mol. The average molecular weight is 579 g/mol. The van der Waals surface area contributed by atoms with Gasteiger partial charge < -0.3 is 40.2 Å². The molecule has 1 aliphatic rings. The molecule has 2 heterocycles. The number of rotatable bonds is 12. The van der Waals surface area contributed by atoms with Crippen LogP contribution in [0.5, 0.6) is 5.75 Å². The molecule has 1 aromatic heterocycles. The van der Waals surface area contributed by atoms with E-state index in [0.29, 0.717) is 38.8 Å². The van der Waals surface area contributed by atoms with E-state index in [9.17, 15) is 9.90 Å². The fourth-order valence-electron chi connectivity index (χ4n) is 4.63. The van der Waals surface area contributed by atoms with Crippen molar-refractivity contribution in [1.29, 1.82) is 0 Å². The van der Waals surface area contributed by atoms with Crippen LogP contribution in [0.15, 0.2) is 48.7 Å². The van der Waals surface area contributed by atoms with Gasteiger partial charge in [0.2, 0.25) is 5.95 Å². The largest absolute Gasteiger partial charge is 0.496 e. The number of benzene rings is 2. The molecule has 0 atom stereocenters. The highest BCUT2D eigenvalue weighted by molar-refractivity contribution is 5.68. The molecule has 1 amide bonds. The van der Waals surface area contributed by atoms with Gasteiger partial charge in [-0.3, -0.25) is 0 Å². The quantitative estimate of drug-likeness (QED) is 0.232. The van der Waals surface area contributed by atoms with Crippen LogP contribution in [-0.4, -0.2) is 73.3 Å². The number of nitrogens with zero attached hydrogens (tertiary/aromatic N) is 3. The predicted octanol–water partition coefficient (Wildman–Crippen LogP) is 4.23. The number of hydrogen-bond donors (Lipinski definition) is 4. The Morgan fingerprint density at radius 3 is 2.62 bits per heavy atom. The highest BCUT2D eigenvalue weighted by Gasteiger charge is 2.16. The maximum atomic E-state index is 11.8. The van der Waals surface area contributed by atoms with Gasteiger partial charge in [-0.15, -0.1) is 0 Å². The molecule has 2 aromatic carbocycles. The van der Waals surface area contributed by atoms with Crippen LogP contribution in [0, 0.1) is 0 Å². The first-order valence-corrected chi connectivity index (χ1v) is 14.3. The molecule has 3 aromatic rings. The van der Waals surface area contributed by atoms with E-state index in [4.69, 9.17) is 19.2 Å². The van der Waals surface area contributed by atoms with Crippen LogP contribution in [0.4, 0.5) is 22.1 Å². The molecule has 11 heteroatoms. The third-order valence-electron chi connectivity index (χ3n) is 6.60. The van der Waals surface area contributed by atoms with Gasteiger partial charge in [0.25, 0.3) is 0 Å². The number of amides is 1. The zero-order chi connectivity index (χ0) is 30.0. The Morgan fingerprint density at radius 2 is 1.88 bits per heavy atom. The van der Waals surface area contributed by atoms with E-state index in [-0.39, 0.29) is 6.61 Å². The average Bonchev–Trinajstić information content (AvgIpc) is 2.98. The summed E-state index contributed by atoms with van der Waals surface area (Å²) in [5.41, 5.74) is 4.84. The summed E-state index contributed by atoms with van der Waals surface area (Å²) in [7, 11) is 1.65. The van der Waals surface area contributed by atoms with Crippen molar-refractivity contribution < 1.29 is 24.1 Å². The normalized spacial score (nSPS) is 13.5. The lowest BCUT2D eigenvalue weighted by Crippen LogP contribution is -2.36. The molecule has 4 N–H and O–H groups in total. The number of methoxy groups -OCH3 is 1. The summed E-state index contributed by atoms with van der Waals surface area (Å²) >= 11 is 0. The third kappa shape index (κ3) is 9.04. The van der Waals surface area contributed by atoms with Gasteiger partial charge in [0.15, 0.2) is 0 Å². The van der Waals surface area contributed by atoms with Gasteiger partial charge in [0, 0.05) is 60.4 Å². The molecule has 0 bridgehead atoms. The second kappa shape index (κ2) is 14.8. The van der Waals surface area contributed by atoms with Crippen LogP contribution >= 0.6 is 0 Å². The summed E-state index contributed by atoms with van der Waals surface area (Å²) in [6, 6.07) is 13.7. The van der Waals surface area contributed by atoms with Crippen LogP contribution in [0.1, 0.15) is 38.3 Å². The van der Waals surface area contributed by atoms with E-state index in [1.54, 1.807) is 13.3 Å². The Morgan fingerprint density at radius 1 is 1.07 bits per heavy atom. The van der Waals surface area contributed by atoms with Gasteiger partial charge in [-0.1, -0.05) is 0 Å². The van der Waals surface area contributed by atoms with E-state index in [1.807, 2.05) is 57.2 Å². The number of alkyl carbamates (subject to hydrolysis) is 1. The molecular formula is C31H42N6O5. The van der Waals surface area contributed by atoms with Gasteiger partial charge in [0.05, 0.1) is 32.6 Å². The molecule has 1 aliphatic heterocycles. The summed E-state index contributed by atoms with van der Waals surface area (Å²) < 4.78 is 16.3. The minimum absolute atomic E-state index is 0.0635. The number of ether oxygens (including phenoxy) is 3. The molecule has 42 heavy (non-hydrogen) atoms. The van der Waals surface area contributed by atoms with Crippen molar-refractivity contribution in [1.82, 2.24) is 20.6 Å². The Labute approximate surface area is 247 Å². The SMILES string of the molecule is COc1ccc(-c2ccnc(Nc3ccc(N4CCOCC4)c(CO)c3)n2)cc1CNCCCNC(=O)OC(C)(C)C. The first kappa shape index (κ1) is 31.0. The monoisotopic (exact) mass is 578 g/mol. The molecule has 1 fully saturated rings. The minimum atomic E-state index is -0.511. The van der Waals surface area contributed by atoms with Gasteiger partial charge in [-0.2, -0.15) is 0 Å². The summed E-state index contributed by atoms with van der Waals surface area (Å²) in [4.78, 5) is 23.2. The number of aliphatic hydroxyl groups is 1. The van der Waals surface area contributed by atoms with E-state index in [0.717, 1.165) is 59.0 Å². The van der Waals surface area contributed by atoms with E-state index >= 15 is 0 Å². The fraction of sp³-hybridized carbons (Fsp3) is 0.452. The van der Waals surface area contributed by atoms with E-state index in [1.165, 1.54) is 0 Å². The maximum absolute atomic E-state index is 11.8. The van der Waals surface area contributed by atoms with Gasteiger partial charge in [-0.05, 0) is 76.2 Å². The van der Waals surface area contributed by atoms with Crippen LogP contribution in [0.25, 0.3) is 11.3 Å². The molecule has 226 valence electrons. The van der Waals surface area contributed by atoms with Crippen molar-refractivity contribution in [3.63, 3.8) is 0 Å². The smallest absolute Gasteiger partial charge is 0.407 e. The van der Waals surface area contributed by atoms with Crippen molar-refractivity contribution in [3.05, 3.63) is 59.8 Å². The van der Waals surface area contributed by atoms with Crippen molar-refractivity contribution in [2.45, 2.75) is 45.9 Å². The standard InChI is InChI=1S/C31H42N6O5/c1-31(2,3)42-30(39)34-12-5-11-32-20-23-18-22(6-9-28(23)40-4)26-10-13-33-29(36-26)35-25-7-8-27(24(19-25)21-38)37-14-16-41-17-15-37/h6-10,13,18-19,32,38H,5,11-12,14-17,20-21H2,1-4H3,(H,34,39)(H,33,35,36). The second-order valence-corrected chi connectivity index (χ2v) is 11.0. The molecule has 0 saturated carbocycles. The summed E-state index contributed by atoms with van der Waals surface area (Å²) in [6.45, 7) is 10.3. The zero-order valence-electron chi connectivity index (χ0n) is 24.9. The first-order chi connectivity index (χ1) is 20.3. The van der Waals surface area contributed by atoms with E-state index < -0.39 is 11.7 Å². The predicted molar refractivity (Wildman–Crippen MR) is 163 cm³/mol. The van der Waals surface area contributed by atoms with E-state index in [2.05, 4.69) is 31.9 Å². The number of morpholine rings is 1.